The molecule has 3 rings (SSSR count). The highest BCUT2D eigenvalue weighted by Gasteiger charge is 2.47. The summed E-state index contributed by atoms with van der Waals surface area (Å²) in [5.41, 5.74) is 0.662. The van der Waals surface area contributed by atoms with Crippen LogP contribution in [0.2, 0.25) is 0 Å². The molecule has 114 valence electrons. The summed E-state index contributed by atoms with van der Waals surface area (Å²) in [6.07, 6.45) is 5.04. The van der Waals surface area contributed by atoms with Crippen molar-refractivity contribution in [2.45, 2.75) is 12.8 Å². The molecule has 0 bridgehead atoms. The third-order valence-corrected chi connectivity index (χ3v) is 4.68. The number of halogens is 1. The zero-order valence-corrected chi connectivity index (χ0v) is 13.9. The quantitative estimate of drug-likeness (QED) is 0.472. The molecule has 1 N–H and O–H groups in total. The third-order valence-electron chi connectivity index (χ3n) is 4.01. The average Bonchev–Trinajstić information content (AvgIpc) is 2.73. The summed E-state index contributed by atoms with van der Waals surface area (Å²) in [7, 11) is 0. The van der Waals surface area contributed by atoms with Gasteiger partial charge in [-0.05, 0) is 53.6 Å². The summed E-state index contributed by atoms with van der Waals surface area (Å²) in [4.78, 5) is 37.8. The lowest BCUT2D eigenvalue weighted by Crippen LogP contribution is -2.38. The van der Waals surface area contributed by atoms with Gasteiger partial charge in [0.2, 0.25) is 17.7 Å². The van der Waals surface area contributed by atoms with Crippen LogP contribution in [0.15, 0.2) is 36.4 Å². The lowest BCUT2D eigenvalue weighted by Gasteiger charge is -2.14. The van der Waals surface area contributed by atoms with E-state index in [0.717, 1.165) is 8.47 Å². The molecule has 2 atom stereocenters. The number of benzene rings is 1. The van der Waals surface area contributed by atoms with Crippen molar-refractivity contribution < 1.29 is 14.4 Å². The number of likely N-dealkylation sites (tertiary alicyclic amines) is 1. The number of allylic oxidation sites excluding steroid dienone is 2. The van der Waals surface area contributed by atoms with Gasteiger partial charge in [0.1, 0.15) is 6.54 Å². The van der Waals surface area contributed by atoms with Crippen molar-refractivity contribution in [3.63, 3.8) is 0 Å². The van der Waals surface area contributed by atoms with Crippen molar-refractivity contribution >= 4 is 46.0 Å². The van der Waals surface area contributed by atoms with E-state index in [-0.39, 0.29) is 36.1 Å². The molecule has 1 saturated heterocycles. The van der Waals surface area contributed by atoms with Crippen LogP contribution in [0.3, 0.4) is 0 Å². The van der Waals surface area contributed by atoms with E-state index in [1.807, 2.05) is 30.4 Å². The van der Waals surface area contributed by atoms with Crippen molar-refractivity contribution in [1.82, 2.24) is 4.90 Å². The smallest absolute Gasteiger partial charge is 0.244 e. The molecule has 1 aliphatic heterocycles. The Kier molecular flexibility index (Phi) is 4.28. The van der Waals surface area contributed by atoms with Crippen LogP contribution in [0.5, 0.6) is 0 Å². The number of rotatable bonds is 3. The first-order chi connectivity index (χ1) is 10.6. The number of anilines is 1. The molecule has 0 spiro atoms. The first kappa shape index (κ1) is 15.2. The number of nitrogens with one attached hydrogen (secondary N) is 1. The highest BCUT2D eigenvalue weighted by Crippen LogP contribution is 2.34. The number of amides is 3. The van der Waals surface area contributed by atoms with Crippen LogP contribution in [0.25, 0.3) is 0 Å². The topological polar surface area (TPSA) is 66.5 Å². The average molecular weight is 410 g/mol. The maximum absolute atomic E-state index is 12.3. The van der Waals surface area contributed by atoms with Gasteiger partial charge in [-0.3, -0.25) is 19.3 Å². The molecule has 1 fully saturated rings. The first-order valence-corrected chi connectivity index (χ1v) is 8.20. The van der Waals surface area contributed by atoms with Crippen LogP contribution < -0.4 is 5.32 Å². The summed E-state index contributed by atoms with van der Waals surface area (Å²) < 4.78 is 1.00. The minimum atomic E-state index is -0.352. The second kappa shape index (κ2) is 6.20. The molecule has 1 aromatic rings. The van der Waals surface area contributed by atoms with E-state index in [1.54, 1.807) is 6.07 Å². The highest BCUT2D eigenvalue weighted by molar-refractivity contribution is 14.1. The predicted octanol–water partition coefficient (Wildman–Crippen LogP) is 2.18. The van der Waals surface area contributed by atoms with Gasteiger partial charge in [-0.25, -0.2) is 0 Å². The number of imide groups is 1. The van der Waals surface area contributed by atoms with Crippen LogP contribution >= 0.6 is 22.6 Å². The van der Waals surface area contributed by atoms with E-state index in [0.29, 0.717) is 18.5 Å². The predicted molar refractivity (Wildman–Crippen MR) is 89.9 cm³/mol. The fourth-order valence-electron chi connectivity index (χ4n) is 2.94. The molecule has 0 radical (unpaired) electrons. The van der Waals surface area contributed by atoms with E-state index in [9.17, 15) is 14.4 Å². The van der Waals surface area contributed by atoms with Crippen LogP contribution in [0, 0.1) is 15.4 Å². The lowest BCUT2D eigenvalue weighted by atomic mass is 9.85. The van der Waals surface area contributed by atoms with E-state index >= 15 is 0 Å². The molecular weight excluding hydrogens is 395 g/mol. The maximum atomic E-state index is 12.3. The number of nitrogens with zero attached hydrogens (tertiary/aromatic N) is 1. The number of fused-ring (bicyclic) bond motifs is 1. The van der Waals surface area contributed by atoms with Gasteiger partial charge in [0.25, 0.3) is 0 Å². The van der Waals surface area contributed by atoms with Crippen LogP contribution in [0.4, 0.5) is 5.69 Å². The Balaban J connectivity index is 1.67. The molecule has 1 aromatic carbocycles. The third kappa shape index (κ3) is 2.92. The van der Waals surface area contributed by atoms with Gasteiger partial charge in [-0.2, -0.15) is 0 Å². The van der Waals surface area contributed by atoms with Gasteiger partial charge < -0.3 is 5.32 Å². The van der Waals surface area contributed by atoms with Gasteiger partial charge in [0.05, 0.1) is 11.8 Å². The molecule has 5 nitrogen and oxygen atoms in total. The van der Waals surface area contributed by atoms with Gasteiger partial charge in [-0.1, -0.05) is 18.2 Å². The van der Waals surface area contributed by atoms with E-state index in [1.165, 1.54) is 0 Å². The number of carbonyl (C=O) groups excluding carboxylic acids is 3. The van der Waals surface area contributed by atoms with Crippen molar-refractivity contribution in [1.29, 1.82) is 0 Å². The van der Waals surface area contributed by atoms with Crippen molar-refractivity contribution in [2.24, 2.45) is 11.8 Å². The fraction of sp³-hybridized carbons (Fsp3) is 0.312. The zero-order chi connectivity index (χ0) is 15.7. The Morgan fingerprint density at radius 3 is 2.41 bits per heavy atom. The van der Waals surface area contributed by atoms with Crippen LogP contribution in [0.1, 0.15) is 12.8 Å². The molecule has 0 unspecified atom stereocenters. The van der Waals surface area contributed by atoms with Gasteiger partial charge in [0, 0.05) is 9.26 Å². The molecule has 0 aromatic heterocycles. The van der Waals surface area contributed by atoms with Crippen molar-refractivity contribution in [3.8, 4) is 0 Å². The Hall–Kier alpha value is -1.70. The minimum absolute atomic E-state index is 0.212. The van der Waals surface area contributed by atoms with Crippen molar-refractivity contribution in [3.05, 3.63) is 40.0 Å². The number of hydrogen-bond acceptors (Lipinski definition) is 3. The minimum Gasteiger partial charge on any atom is -0.324 e. The Bertz CT molecular complexity index is 645. The molecule has 6 heteroatoms. The fourth-order valence-corrected chi connectivity index (χ4v) is 3.48. The van der Waals surface area contributed by atoms with Crippen LogP contribution in [-0.4, -0.2) is 29.2 Å². The van der Waals surface area contributed by atoms with Crippen LogP contribution in [-0.2, 0) is 14.4 Å². The van der Waals surface area contributed by atoms with E-state index < -0.39 is 0 Å². The normalized spacial score (nSPS) is 23.6. The monoisotopic (exact) mass is 410 g/mol. The molecule has 0 saturated carbocycles. The zero-order valence-electron chi connectivity index (χ0n) is 11.8. The summed E-state index contributed by atoms with van der Waals surface area (Å²) in [5.74, 6) is -1.38. The maximum Gasteiger partial charge on any atom is 0.244 e. The molecular formula is C16H15IN2O3. The molecule has 3 amide bonds. The molecule has 1 aliphatic carbocycles. The summed E-state index contributed by atoms with van der Waals surface area (Å²) in [6, 6.07) is 7.36. The van der Waals surface area contributed by atoms with Crippen molar-refractivity contribution in [2.75, 3.05) is 11.9 Å². The van der Waals surface area contributed by atoms with Gasteiger partial charge in [0.15, 0.2) is 0 Å². The molecule has 22 heavy (non-hydrogen) atoms. The van der Waals surface area contributed by atoms with Gasteiger partial charge >= 0.3 is 0 Å². The van der Waals surface area contributed by atoms with E-state index in [2.05, 4.69) is 27.9 Å². The van der Waals surface area contributed by atoms with E-state index in [4.69, 9.17) is 0 Å². The Morgan fingerprint density at radius 2 is 1.82 bits per heavy atom. The highest BCUT2D eigenvalue weighted by atomic mass is 127. The number of hydrogen-bond donors (Lipinski definition) is 1. The number of carbonyl (C=O) groups is 3. The standard InChI is InChI=1S/C16H15IN2O3/c17-10-4-3-5-11(8-10)18-14(20)9-19-15(21)12-6-1-2-7-13(12)16(19)22/h1-5,8,12-13H,6-7,9H2,(H,18,20)/t12-,13+. The Morgan fingerprint density at radius 1 is 1.18 bits per heavy atom. The first-order valence-electron chi connectivity index (χ1n) is 7.12. The molecule has 2 aliphatic rings. The van der Waals surface area contributed by atoms with Gasteiger partial charge in [-0.15, -0.1) is 0 Å². The second-order valence-corrected chi connectivity index (χ2v) is 6.72. The SMILES string of the molecule is O=C(CN1C(=O)[C@H]2CC=CC[C@H]2C1=O)Nc1cccc(I)c1. The summed E-state index contributed by atoms with van der Waals surface area (Å²) in [6.45, 7) is -0.212. The summed E-state index contributed by atoms with van der Waals surface area (Å²) in [5, 5.41) is 2.73. The second-order valence-electron chi connectivity index (χ2n) is 5.48. The molecule has 1 heterocycles. The Labute approximate surface area is 141 Å². The lowest BCUT2D eigenvalue weighted by molar-refractivity contribution is -0.142. The largest absolute Gasteiger partial charge is 0.324 e. The summed E-state index contributed by atoms with van der Waals surface area (Å²) >= 11 is 2.15.